The van der Waals surface area contributed by atoms with Crippen LogP contribution < -0.4 is 5.32 Å². The molecule has 0 saturated carbocycles. The summed E-state index contributed by atoms with van der Waals surface area (Å²) >= 11 is 10.4. The summed E-state index contributed by atoms with van der Waals surface area (Å²) in [4.78, 5) is 10.4. The van der Waals surface area contributed by atoms with Crippen molar-refractivity contribution >= 4 is 74.3 Å². The monoisotopic (exact) mass is 562 g/mol. The van der Waals surface area contributed by atoms with E-state index in [0.717, 1.165) is 48.0 Å². The summed E-state index contributed by atoms with van der Waals surface area (Å²) in [6, 6.07) is 8.45. The smallest absolute Gasteiger partial charge is 0.167 e. The Morgan fingerprint density at radius 3 is 2.72 bits per heavy atom. The fourth-order valence-corrected chi connectivity index (χ4v) is 6.25. The number of halogens is 2. The quantitative estimate of drug-likeness (QED) is 0.154. The first-order chi connectivity index (χ1) is 14.1. The molecule has 1 aliphatic heterocycles. The zero-order valence-electron chi connectivity index (χ0n) is 16.9. The van der Waals surface area contributed by atoms with E-state index in [9.17, 15) is 0 Å². The van der Waals surface area contributed by atoms with E-state index in [4.69, 9.17) is 21.3 Å². The Kier molecular flexibility index (Phi) is 8.45. The molecule has 29 heavy (non-hydrogen) atoms. The summed E-state index contributed by atoms with van der Waals surface area (Å²) in [6.07, 6.45) is 3.72. The highest BCUT2D eigenvalue weighted by Gasteiger charge is 2.19. The number of hydrogen-bond donors (Lipinski definition) is 1. The maximum absolute atomic E-state index is 6.30. The zero-order chi connectivity index (χ0) is 21.0. The molecule has 1 N–H and O–H groups in total. The number of hydrogen-bond acceptors (Lipinski definition) is 5. The van der Waals surface area contributed by atoms with Crippen molar-refractivity contribution < 1.29 is 4.74 Å². The molecular formula is C20H25ClIN4OPS. The molecule has 1 fully saturated rings. The van der Waals surface area contributed by atoms with Crippen LogP contribution in [0.1, 0.15) is 37.6 Å². The summed E-state index contributed by atoms with van der Waals surface area (Å²) in [6.45, 7) is 7.66. The average Bonchev–Trinajstić information content (AvgIpc) is 3.37. The first-order valence-electron chi connectivity index (χ1n) is 9.55. The number of benzene rings is 1. The van der Waals surface area contributed by atoms with Crippen LogP contribution in [0.5, 0.6) is 0 Å². The van der Waals surface area contributed by atoms with Crippen molar-refractivity contribution in [2.24, 2.45) is 0 Å². The second kappa shape index (κ2) is 10.6. The molecule has 1 aliphatic rings. The summed E-state index contributed by atoms with van der Waals surface area (Å²) in [5.41, 5.74) is 4.94. The molecule has 9 heteroatoms. The van der Waals surface area contributed by atoms with Crippen LogP contribution in [0.2, 0.25) is 5.15 Å². The van der Waals surface area contributed by atoms with Gasteiger partial charge in [-0.3, -0.25) is 4.34 Å². The molecule has 5 nitrogen and oxygen atoms in total. The van der Waals surface area contributed by atoms with Gasteiger partial charge in [-0.25, -0.2) is 9.97 Å². The molecule has 0 spiro atoms. The number of thioether (sulfide) groups is 1. The minimum Gasteiger partial charge on any atom is -0.381 e. The third-order valence-corrected chi connectivity index (χ3v) is 7.86. The standard InChI is InChI=1S/C18H19ClIN4OPS.C2H6/c1-10-21-17-14(8-16(19)23-18(17)24(10)26-20)22-13-4-3-11(7-15(13)27-2)12-5-6-25-9-12;1-2/h3-4,7-8,12,26H,5-6,9H2,1-2H3,(H,22,23);1-2H3. The number of ether oxygens (including phenoxy) is 1. The van der Waals surface area contributed by atoms with Gasteiger partial charge in [-0.1, -0.05) is 31.5 Å². The van der Waals surface area contributed by atoms with E-state index in [0.29, 0.717) is 17.4 Å². The minimum atomic E-state index is 0.464. The molecule has 156 valence electrons. The van der Waals surface area contributed by atoms with Crippen LogP contribution >= 0.6 is 51.8 Å². The lowest BCUT2D eigenvalue weighted by Gasteiger charge is -2.15. The van der Waals surface area contributed by atoms with Crippen molar-refractivity contribution in [3.63, 3.8) is 0 Å². The van der Waals surface area contributed by atoms with Gasteiger partial charge in [0.2, 0.25) is 0 Å². The largest absolute Gasteiger partial charge is 0.381 e. The van der Waals surface area contributed by atoms with Crippen molar-refractivity contribution in [3.05, 3.63) is 40.8 Å². The van der Waals surface area contributed by atoms with E-state index in [2.05, 4.69) is 61.1 Å². The predicted molar refractivity (Wildman–Crippen MR) is 136 cm³/mol. The number of imidazole rings is 1. The molecule has 3 heterocycles. The molecule has 2 atom stereocenters. The van der Waals surface area contributed by atoms with Crippen LogP contribution in [0.15, 0.2) is 29.2 Å². The van der Waals surface area contributed by atoms with Crippen molar-refractivity contribution in [1.82, 2.24) is 14.3 Å². The lowest BCUT2D eigenvalue weighted by atomic mass is 9.98. The number of pyridine rings is 1. The number of nitrogens with zero attached hydrogens (tertiary/aromatic N) is 3. The molecule has 1 aromatic carbocycles. The van der Waals surface area contributed by atoms with Crippen LogP contribution in [0.25, 0.3) is 11.2 Å². The summed E-state index contributed by atoms with van der Waals surface area (Å²) < 4.78 is 7.63. The van der Waals surface area contributed by atoms with E-state index in [1.54, 1.807) is 11.8 Å². The summed E-state index contributed by atoms with van der Waals surface area (Å²) in [5, 5.41) is 4.00. The highest BCUT2D eigenvalue weighted by atomic mass is 127. The van der Waals surface area contributed by atoms with Crippen LogP contribution in [0.4, 0.5) is 11.4 Å². The van der Waals surface area contributed by atoms with Crippen LogP contribution in [-0.2, 0) is 4.74 Å². The molecule has 0 bridgehead atoms. The van der Waals surface area contributed by atoms with Gasteiger partial charge in [0.1, 0.15) is 16.5 Å². The van der Waals surface area contributed by atoms with Gasteiger partial charge in [-0.05, 0) is 59.3 Å². The molecule has 0 radical (unpaired) electrons. The van der Waals surface area contributed by atoms with E-state index in [-0.39, 0.29) is 0 Å². The Labute approximate surface area is 196 Å². The van der Waals surface area contributed by atoms with Gasteiger partial charge in [0.15, 0.2) is 5.65 Å². The lowest BCUT2D eigenvalue weighted by molar-refractivity contribution is 0.194. The van der Waals surface area contributed by atoms with Gasteiger partial charge in [0, 0.05) is 23.5 Å². The maximum atomic E-state index is 6.30. The first-order valence-corrected chi connectivity index (χ1v) is 15.2. The topological polar surface area (TPSA) is 52.0 Å². The zero-order valence-corrected chi connectivity index (χ0v) is 21.7. The van der Waals surface area contributed by atoms with Gasteiger partial charge in [0.05, 0.1) is 24.4 Å². The fraction of sp³-hybridized carbons (Fsp3) is 0.400. The Balaban J connectivity index is 0.00000117. The highest BCUT2D eigenvalue weighted by molar-refractivity contribution is 14.2. The minimum absolute atomic E-state index is 0.464. The molecule has 0 amide bonds. The van der Waals surface area contributed by atoms with Crippen LogP contribution in [0.3, 0.4) is 0 Å². The number of anilines is 2. The molecule has 2 aromatic heterocycles. The van der Waals surface area contributed by atoms with Crippen LogP contribution in [-0.4, -0.2) is 33.8 Å². The van der Waals surface area contributed by atoms with E-state index < -0.39 is 0 Å². The van der Waals surface area contributed by atoms with Crippen molar-refractivity contribution in [2.45, 2.75) is 38.0 Å². The SMILES string of the molecule is CC.CSc1cc(C2CCOC2)ccc1Nc1cc(Cl)nc2c1nc(C)n2PI. The predicted octanol–water partition coefficient (Wildman–Crippen LogP) is 7.18. The number of nitrogens with one attached hydrogen (secondary N) is 1. The van der Waals surface area contributed by atoms with Gasteiger partial charge in [0.25, 0.3) is 0 Å². The number of aromatic nitrogens is 3. The van der Waals surface area contributed by atoms with E-state index in [1.165, 1.54) is 10.5 Å². The van der Waals surface area contributed by atoms with Gasteiger partial charge < -0.3 is 10.1 Å². The Hall–Kier alpha value is -0.600. The number of rotatable bonds is 5. The van der Waals surface area contributed by atoms with Crippen LogP contribution in [0, 0.1) is 6.92 Å². The normalized spacial score (nSPS) is 16.4. The third-order valence-electron chi connectivity index (χ3n) is 4.73. The Morgan fingerprint density at radius 2 is 2.07 bits per heavy atom. The van der Waals surface area contributed by atoms with Crippen molar-refractivity contribution in [1.29, 1.82) is 0 Å². The molecule has 3 aromatic rings. The average molecular weight is 563 g/mol. The highest BCUT2D eigenvalue weighted by Crippen LogP contribution is 2.38. The Morgan fingerprint density at radius 1 is 1.28 bits per heavy atom. The molecular weight excluding hydrogens is 538 g/mol. The fourth-order valence-electron chi connectivity index (χ4n) is 3.33. The maximum Gasteiger partial charge on any atom is 0.167 e. The third kappa shape index (κ3) is 5.01. The Bertz CT molecular complexity index is 994. The van der Waals surface area contributed by atoms with E-state index in [1.807, 2.05) is 26.8 Å². The van der Waals surface area contributed by atoms with Gasteiger partial charge in [-0.15, -0.1) is 11.8 Å². The van der Waals surface area contributed by atoms with Crippen molar-refractivity contribution in [3.8, 4) is 0 Å². The molecule has 1 saturated heterocycles. The second-order valence-corrected chi connectivity index (χ2v) is 9.69. The number of aryl methyl sites for hydroxylation is 1. The second-order valence-electron chi connectivity index (χ2n) is 6.39. The molecule has 0 aliphatic carbocycles. The number of fused-ring (bicyclic) bond motifs is 1. The van der Waals surface area contributed by atoms with Gasteiger partial charge in [-0.2, -0.15) is 0 Å². The van der Waals surface area contributed by atoms with Crippen molar-refractivity contribution in [2.75, 3.05) is 24.8 Å². The molecule has 4 rings (SSSR count). The van der Waals surface area contributed by atoms with E-state index >= 15 is 0 Å². The lowest BCUT2D eigenvalue weighted by Crippen LogP contribution is -2.00. The first kappa shape index (κ1) is 23.1. The summed E-state index contributed by atoms with van der Waals surface area (Å²) in [7, 11) is 0. The summed E-state index contributed by atoms with van der Waals surface area (Å²) in [5.74, 6) is 1.44. The van der Waals surface area contributed by atoms with Gasteiger partial charge >= 0.3 is 0 Å². The molecule has 2 unspecified atom stereocenters.